The maximum absolute atomic E-state index is 13.1. The molecule has 1 heterocycles. The van der Waals surface area contributed by atoms with Gasteiger partial charge < -0.3 is 10.1 Å². The monoisotopic (exact) mass is 416 g/mol. The third kappa shape index (κ3) is 4.29. The van der Waals surface area contributed by atoms with E-state index in [9.17, 15) is 4.79 Å². The maximum atomic E-state index is 13.1. The lowest BCUT2D eigenvalue weighted by molar-refractivity contribution is 0.0952. The lowest BCUT2D eigenvalue weighted by atomic mass is 10.0. The van der Waals surface area contributed by atoms with E-state index in [4.69, 9.17) is 21.3 Å². The predicted molar refractivity (Wildman–Crippen MR) is 121 cm³/mol. The van der Waals surface area contributed by atoms with Gasteiger partial charge in [0.15, 0.2) is 0 Å². The van der Waals surface area contributed by atoms with Gasteiger partial charge in [0.05, 0.1) is 23.4 Å². The van der Waals surface area contributed by atoms with Gasteiger partial charge in [0.25, 0.3) is 5.91 Å². The summed E-state index contributed by atoms with van der Waals surface area (Å²) >= 11 is 6.22. The fourth-order valence-electron chi connectivity index (χ4n) is 3.31. The molecule has 4 rings (SSSR count). The zero-order valence-electron chi connectivity index (χ0n) is 16.6. The molecule has 0 fully saturated rings. The van der Waals surface area contributed by atoms with Crippen LogP contribution in [0.2, 0.25) is 5.02 Å². The summed E-state index contributed by atoms with van der Waals surface area (Å²) < 4.78 is 5.52. The Labute approximate surface area is 180 Å². The molecule has 30 heavy (non-hydrogen) atoms. The summed E-state index contributed by atoms with van der Waals surface area (Å²) in [5.74, 6) is 0.639. The fourth-order valence-corrected chi connectivity index (χ4v) is 3.51. The molecule has 0 saturated carbocycles. The zero-order chi connectivity index (χ0) is 20.9. The van der Waals surface area contributed by atoms with E-state index >= 15 is 0 Å². The molecule has 3 aromatic carbocycles. The first kappa shape index (κ1) is 19.9. The number of carbonyl (C=O) groups is 1. The first-order valence-corrected chi connectivity index (χ1v) is 10.2. The second kappa shape index (κ2) is 8.97. The Hall–Kier alpha value is -3.37. The van der Waals surface area contributed by atoms with Crippen LogP contribution in [0.5, 0.6) is 5.75 Å². The predicted octanol–water partition coefficient (Wildman–Crippen LogP) is 5.88. The summed E-state index contributed by atoms with van der Waals surface area (Å²) in [6.45, 7) is 2.92. The van der Waals surface area contributed by atoms with Crippen molar-refractivity contribution in [1.82, 2.24) is 10.3 Å². The number of benzene rings is 3. The molecule has 0 radical (unpaired) electrons. The van der Waals surface area contributed by atoms with E-state index in [0.29, 0.717) is 23.7 Å². The molecule has 5 heteroatoms. The maximum Gasteiger partial charge on any atom is 0.252 e. The zero-order valence-corrected chi connectivity index (χ0v) is 17.3. The van der Waals surface area contributed by atoms with Gasteiger partial charge in [-0.05, 0) is 55.0 Å². The number of nitrogens with one attached hydrogen (secondary N) is 1. The molecule has 0 aliphatic carbocycles. The number of carbonyl (C=O) groups excluding carboxylic acids is 1. The largest absolute Gasteiger partial charge is 0.494 e. The van der Waals surface area contributed by atoms with Crippen LogP contribution in [0.4, 0.5) is 0 Å². The summed E-state index contributed by atoms with van der Waals surface area (Å²) in [5, 5.41) is 4.42. The van der Waals surface area contributed by atoms with E-state index < -0.39 is 0 Å². The average molecular weight is 417 g/mol. The van der Waals surface area contributed by atoms with Crippen molar-refractivity contribution >= 4 is 28.4 Å². The minimum atomic E-state index is -0.166. The first-order valence-electron chi connectivity index (χ1n) is 9.80. The normalized spacial score (nSPS) is 10.7. The Balaban J connectivity index is 1.68. The van der Waals surface area contributed by atoms with Crippen molar-refractivity contribution in [2.45, 2.75) is 13.5 Å². The number of para-hydroxylation sites is 1. The third-order valence-electron chi connectivity index (χ3n) is 4.82. The molecule has 0 bridgehead atoms. The molecule has 1 amide bonds. The topological polar surface area (TPSA) is 51.2 Å². The van der Waals surface area contributed by atoms with Gasteiger partial charge in [-0.3, -0.25) is 4.79 Å². The van der Waals surface area contributed by atoms with Gasteiger partial charge in [0, 0.05) is 22.5 Å². The van der Waals surface area contributed by atoms with Crippen molar-refractivity contribution in [3.8, 4) is 17.0 Å². The number of halogens is 1. The van der Waals surface area contributed by atoms with Gasteiger partial charge >= 0.3 is 0 Å². The van der Waals surface area contributed by atoms with Crippen LogP contribution in [0, 0.1) is 0 Å². The third-order valence-corrected chi connectivity index (χ3v) is 5.19. The minimum absolute atomic E-state index is 0.166. The molecule has 0 aliphatic rings. The van der Waals surface area contributed by atoms with Gasteiger partial charge in [-0.25, -0.2) is 4.98 Å². The number of aromatic nitrogens is 1. The second-order valence-electron chi connectivity index (χ2n) is 6.80. The van der Waals surface area contributed by atoms with Crippen molar-refractivity contribution in [2.24, 2.45) is 0 Å². The summed E-state index contributed by atoms with van der Waals surface area (Å²) in [6.07, 6.45) is 0. The van der Waals surface area contributed by atoms with Crippen molar-refractivity contribution in [3.05, 3.63) is 95.0 Å². The smallest absolute Gasteiger partial charge is 0.252 e. The molecule has 0 aliphatic heterocycles. The van der Waals surface area contributed by atoms with Crippen molar-refractivity contribution < 1.29 is 9.53 Å². The van der Waals surface area contributed by atoms with Crippen LogP contribution in [0.15, 0.2) is 78.9 Å². The number of amides is 1. The summed E-state index contributed by atoms with van der Waals surface area (Å²) in [5.41, 5.74) is 3.88. The van der Waals surface area contributed by atoms with Crippen LogP contribution in [0.3, 0.4) is 0 Å². The highest BCUT2D eigenvalue weighted by atomic mass is 35.5. The number of ether oxygens (including phenoxy) is 1. The lowest BCUT2D eigenvalue weighted by Crippen LogP contribution is -2.23. The van der Waals surface area contributed by atoms with Crippen LogP contribution in [0.1, 0.15) is 22.8 Å². The Morgan fingerprint density at radius 1 is 1.00 bits per heavy atom. The molecule has 0 saturated heterocycles. The molecule has 1 aromatic heterocycles. The highest BCUT2D eigenvalue weighted by Crippen LogP contribution is 2.26. The van der Waals surface area contributed by atoms with Crippen LogP contribution in [-0.4, -0.2) is 17.5 Å². The first-order chi connectivity index (χ1) is 14.7. The van der Waals surface area contributed by atoms with Gasteiger partial charge in [-0.15, -0.1) is 0 Å². The van der Waals surface area contributed by atoms with E-state index in [1.807, 2.05) is 85.8 Å². The fraction of sp³-hybridized carbons (Fsp3) is 0.120. The van der Waals surface area contributed by atoms with E-state index in [1.54, 1.807) is 0 Å². The molecular weight excluding hydrogens is 396 g/mol. The van der Waals surface area contributed by atoms with Crippen molar-refractivity contribution in [1.29, 1.82) is 0 Å². The summed E-state index contributed by atoms with van der Waals surface area (Å²) in [4.78, 5) is 17.8. The van der Waals surface area contributed by atoms with Gasteiger partial charge in [0.2, 0.25) is 0 Å². The Kier molecular flexibility index (Phi) is 5.96. The van der Waals surface area contributed by atoms with Gasteiger partial charge in [0.1, 0.15) is 5.75 Å². The summed E-state index contributed by atoms with van der Waals surface area (Å²) in [7, 11) is 0. The van der Waals surface area contributed by atoms with Gasteiger partial charge in [-0.1, -0.05) is 48.0 Å². The molecule has 1 N–H and O–H groups in total. The highest BCUT2D eigenvalue weighted by molar-refractivity contribution is 6.31. The van der Waals surface area contributed by atoms with E-state index in [-0.39, 0.29) is 5.91 Å². The molecule has 150 valence electrons. The molecular formula is C25H21ClN2O2. The Morgan fingerprint density at radius 3 is 2.50 bits per heavy atom. The second-order valence-corrected chi connectivity index (χ2v) is 7.21. The standard InChI is InChI=1S/C25H21ClN2O2/c1-2-30-19-13-11-17(12-14-19)24-15-21(20-8-4-6-10-23(20)28-24)25(29)27-16-18-7-3-5-9-22(18)26/h3-15H,2,16H2,1H3,(H,27,29). The number of fused-ring (bicyclic) bond motifs is 1. The lowest BCUT2D eigenvalue weighted by Gasteiger charge is -2.12. The molecule has 0 atom stereocenters. The van der Waals surface area contributed by atoms with Crippen molar-refractivity contribution in [2.75, 3.05) is 6.61 Å². The molecule has 0 spiro atoms. The van der Waals surface area contributed by atoms with E-state index in [0.717, 1.165) is 33.5 Å². The van der Waals surface area contributed by atoms with Crippen molar-refractivity contribution in [3.63, 3.8) is 0 Å². The molecule has 4 aromatic rings. The van der Waals surface area contributed by atoms with E-state index in [1.165, 1.54) is 0 Å². The Bertz CT molecular complexity index is 1190. The highest BCUT2D eigenvalue weighted by Gasteiger charge is 2.14. The average Bonchev–Trinajstić information content (AvgIpc) is 2.78. The number of hydrogen-bond acceptors (Lipinski definition) is 3. The SMILES string of the molecule is CCOc1ccc(-c2cc(C(=O)NCc3ccccc3Cl)c3ccccc3n2)cc1. The number of nitrogens with zero attached hydrogens (tertiary/aromatic N) is 1. The van der Waals surface area contributed by atoms with Crippen LogP contribution >= 0.6 is 11.6 Å². The van der Waals surface area contributed by atoms with Crippen LogP contribution in [0.25, 0.3) is 22.2 Å². The Morgan fingerprint density at radius 2 is 1.73 bits per heavy atom. The minimum Gasteiger partial charge on any atom is -0.494 e. The van der Waals surface area contributed by atoms with Crippen LogP contribution < -0.4 is 10.1 Å². The number of hydrogen-bond donors (Lipinski definition) is 1. The summed E-state index contributed by atoms with van der Waals surface area (Å²) in [6, 6.07) is 24.7. The number of pyridine rings is 1. The number of rotatable bonds is 6. The quantitative estimate of drug-likeness (QED) is 0.426. The molecule has 4 nitrogen and oxygen atoms in total. The van der Waals surface area contributed by atoms with E-state index in [2.05, 4.69) is 5.32 Å². The molecule has 0 unspecified atom stereocenters. The van der Waals surface area contributed by atoms with Crippen LogP contribution in [-0.2, 0) is 6.54 Å². The van der Waals surface area contributed by atoms with Gasteiger partial charge in [-0.2, -0.15) is 0 Å².